The molecule has 2 heterocycles. The molecular formula is C20H31N7O3S. The van der Waals surface area contributed by atoms with Crippen LogP contribution in [0, 0.1) is 0 Å². The van der Waals surface area contributed by atoms with E-state index in [-0.39, 0.29) is 17.5 Å². The minimum absolute atomic E-state index is 0.196. The lowest BCUT2D eigenvalue weighted by atomic mass is 10.1. The SMILES string of the molecule is CCc1nc2n(n1)CC(NC(=NC)NCc1cccc(S(=O)(=O)NCCOC)c1)CC2. The molecule has 11 heteroatoms. The number of aliphatic imine (C=N–C) groups is 1. The number of aromatic nitrogens is 3. The summed E-state index contributed by atoms with van der Waals surface area (Å²) in [5, 5.41) is 11.2. The fraction of sp³-hybridized carbons (Fsp3) is 0.550. The Morgan fingerprint density at radius 2 is 2.23 bits per heavy atom. The summed E-state index contributed by atoms with van der Waals surface area (Å²) in [7, 11) is -0.323. The van der Waals surface area contributed by atoms with Crippen LogP contribution in [-0.2, 0) is 40.7 Å². The molecule has 1 aliphatic rings. The van der Waals surface area contributed by atoms with E-state index in [1.807, 2.05) is 10.7 Å². The summed E-state index contributed by atoms with van der Waals surface area (Å²) >= 11 is 0. The van der Waals surface area contributed by atoms with Gasteiger partial charge in [0, 0.05) is 46.1 Å². The molecule has 0 amide bonds. The summed E-state index contributed by atoms with van der Waals surface area (Å²) in [6.07, 6.45) is 2.65. The Bertz CT molecular complexity index is 1000. The number of ether oxygens (including phenoxy) is 1. The van der Waals surface area contributed by atoms with E-state index in [4.69, 9.17) is 4.74 Å². The zero-order valence-electron chi connectivity index (χ0n) is 18.3. The molecule has 3 N–H and O–H groups in total. The molecule has 0 fully saturated rings. The summed E-state index contributed by atoms with van der Waals surface area (Å²) in [5.41, 5.74) is 0.840. The topological polar surface area (TPSA) is 123 Å². The van der Waals surface area contributed by atoms with Crippen LogP contribution in [0.5, 0.6) is 0 Å². The zero-order valence-corrected chi connectivity index (χ0v) is 19.1. The molecule has 1 unspecified atom stereocenters. The monoisotopic (exact) mass is 449 g/mol. The van der Waals surface area contributed by atoms with Crippen LogP contribution in [-0.4, -0.2) is 62.5 Å². The molecule has 0 spiro atoms. The number of nitrogens with one attached hydrogen (secondary N) is 3. The summed E-state index contributed by atoms with van der Waals surface area (Å²) in [6.45, 7) is 3.79. The van der Waals surface area contributed by atoms with Crippen molar-refractivity contribution in [1.29, 1.82) is 0 Å². The van der Waals surface area contributed by atoms with Crippen molar-refractivity contribution in [2.75, 3.05) is 27.3 Å². The number of hydrogen-bond acceptors (Lipinski definition) is 6. The number of rotatable bonds is 9. The normalized spacial score (nSPS) is 16.7. The third kappa shape index (κ3) is 6.25. The van der Waals surface area contributed by atoms with Crippen LogP contribution in [0.4, 0.5) is 0 Å². The van der Waals surface area contributed by atoms with E-state index in [2.05, 4.69) is 37.4 Å². The molecule has 1 aromatic carbocycles. The average molecular weight is 450 g/mol. The fourth-order valence-electron chi connectivity index (χ4n) is 3.39. The minimum atomic E-state index is -3.57. The van der Waals surface area contributed by atoms with Gasteiger partial charge in [-0.1, -0.05) is 19.1 Å². The Labute approximate surface area is 183 Å². The van der Waals surface area contributed by atoms with Gasteiger partial charge < -0.3 is 15.4 Å². The molecule has 1 aromatic heterocycles. The van der Waals surface area contributed by atoms with E-state index in [0.717, 1.165) is 43.0 Å². The molecule has 0 bridgehead atoms. The van der Waals surface area contributed by atoms with Gasteiger partial charge in [0.1, 0.15) is 5.82 Å². The zero-order chi connectivity index (χ0) is 22.3. The Kier molecular flexibility index (Phi) is 7.99. The second kappa shape index (κ2) is 10.7. The van der Waals surface area contributed by atoms with Crippen molar-refractivity contribution in [1.82, 2.24) is 30.1 Å². The predicted octanol–water partition coefficient (Wildman–Crippen LogP) is 0.445. The predicted molar refractivity (Wildman–Crippen MR) is 118 cm³/mol. The highest BCUT2D eigenvalue weighted by Gasteiger charge is 2.22. The van der Waals surface area contributed by atoms with Gasteiger partial charge in [-0.05, 0) is 24.1 Å². The highest BCUT2D eigenvalue weighted by molar-refractivity contribution is 7.89. The van der Waals surface area contributed by atoms with Crippen molar-refractivity contribution in [2.45, 2.75) is 50.2 Å². The molecule has 1 atom stereocenters. The molecule has 31 heavy (non-hydrogen) atoms. The Morgan fingerprint density at radius 1 is 1.39 bits per heavy atom. The number of guanidine groups is 1. The maximum atomic E-state index is 12.4. The number of fused-ring (bicyclic) bond motifs is 1. The lowest BCUT2D eigenvalue weighted by Gasteiger charge is -2.25. The van der Waals surface area contributed by atoms with Crippen molar-refractivity contribution in [2.24, 2.45) is 4.99 Å². The van der Waals surface area contributed by atoms with Crippen molar-refractivity contribution in [3.05, 3.63) is 41.5 Å². The summed E-state index contributed by atoms with van der Waals surface area (Å²) < 4.78 is 34.2. The lowest BCUT2D eigenvalue weighted by Crippen LogP contribution is -2.46. The standard InChI is InChI=1S/C20H31N7O3S/c1-4-18-25-19-9-8-16(14-27(19)26-18)24-20(21-2)22-13-15-6-5-7-17(12-15)31(28,29)23-10-11-30-3/h5-7,12,16,23H,4,8-11,13-14H2,1-3H3,(H2,21,22,24). The molecule has 0 radical (unpaired) electrons. The number of methoxy groups -OCH3 is 1. The first-order valence-corrected chi connectivity index (χ1v) is 11.9. The van der Waals surface area contributed by atoms with Crippen LogP contribution in [0.3, 0.4) is 0 Å². The van der Waals surface area contributed by atoms with E-state index < -0.39 is 10.0 Å². The Balaban J connectivity index is 1.56. The second-order valence-electron chi connectivity index (χ2n) is 7.32. The molecule has 170 valence electrons. The summed E-state index contributed by atoms with van der Waals surface area (Å²) in [5.74, 6) is 2.58. The molecule has 3 rings (SSSR count). The van der Waals surface area contributed by atoms with E-state index in [9.17, 15) is 8.42 Å². The van der Waals surface area contributed by atoms with Gasteiger partial charge >= 0.3 is 0 Å². The van der Waals surface area contributed by atoms with Gasteiger partial charge in [-0.15, -0.1) is 0 Å². The van der Waals surface area contributed by atoms with E-state index in [1.165, 1.54) is 7.11 Å². The first-order valence-electron chi connectivity index (χ1n) is 10.4. The van der Waals surface area contributed by atoms with Gasteiger partial charge in [0.05, 0.1) is 18.0 Å². The van der Waals surface area contributed by atoms with Crippen molar-refractivity contribution >= 4 is 16.0 Å². The first-order chi connectivity index (χ1) is 14.9. The highest BCUT2D eigenvalue weighted by atomic mass is 32.2. The van der Waals surface area contributed by atoms with Crippen LogP contribution in [0.1, 0.15) is 30.6 Å². The van der Waals surface area contributed by atoms with Gasteiger partial charge in [0.25, 0.3) is 0 Å². The summed E-state index contributed by atoms with van der Waals surface area (Å²) in [4.78, 5) is 9.07. The van der Waals surface area contributed by atoms with Crippen LogP contribution in [0.15, 0.2) is 34.2 Å². The largest absolute Gasteiger partial charge is 0.383 e. The van der Waals surface area contributed by atoms with E-state index in [0.29, 0.717) is 19.1 Å². The van der Waals surface area contributed by atoms with Gasteiger partial charge in [-0.2, -0.15) is 5.10 Å². The number of benzene rings is 1. The van der Waals surface area contributed by atoms with Gasteiger partial charge in [0.2, 0.25) is 10.0 Å². The van der Waals surface area contributed by atoms with Crippen molar-refractivity contribution in [3.63, 3.8) is 0 Å². The van der Waals surface area contributed by atoms with E-state index >= 15 is 0 Å². The van der Waals surface area contributed by atoms with Gasteiger partial charge in [-0.3, -0.25) is 4.99 Å². The Morgan fingerprint density at radius 3 is 2.97 bits per heavy atom. The number of aryl methyl sites for hydroxylation is 2. The number of nitrogens with zero attached hydrogens (tertiary/aromatic N) is 4. The third-order valence-corrected chi connectivity index (χ3v) is 6.51. The average Bonchev–Trinajstić information content (AvgIpc) is 3.19. The smallest absolute Gasteiger partial charge is 0.240 e. The summed E-state index contributed by atoms with van der Waals surface area (Å²) in [6, 6.07) is 7.04. The molecule has 2 aromatic rings. The van der Waals surface area contributed by atoms with Crippen molar-refractivity contribution < 1.29 is 13.2 Å². The molecule has 10 nitrogen and oxygen atoms in total. The maximum absolute atomic E-state index is 12.4. The van der Waals surface area contributed by atoms with Crippen LogP contribution < -0.4 is 15.4 Å². The number of hydrogen-bond donors (Lipinski definition) is 3. The van der Waals surface area contributed by atoms with E-state index in [1.54, 1.807) is 25.2 Å². The molecule has 0 aliphatic carbocycles. The number of sulfonamides is 1. The quantitative estimate of drug-likeness (QED) is 0.288. The van der Waals surface area contributed by atoms with Gasteiger partial charge in [-0.25, -0.2) is 22.8 Å². The van der Waals surface area contributed by atoms with Crippen LogP contribution in [0.2, 0.25) is 0 Å². The highest BCUT2D eigenvalue weighted by Crippen LogP contribution is 2.14. The lowest BCUT2D eigenvalue weighted by molar-refractivity contribution is 0.204. The second-order valence-corrected chi connectivity index (χ2v) is 9.09. The van der Waals surface area contributed by atoms with Crippen molar-refractivity contribution in [3.8, 4) is 0 Å². The minimum Gasteiger partial charge on any atom is -0.383 e. The van der Waals surface area contributed by atoms with Crippen LogP contribution in [0.25, 0.3) is 0 Å². The van der Waals surface area contributed by atoms with Gasteiger partial charge in [0.15, 0.2) is 11.8 Å². The first kappa shape index (κ1) is 23.2. The van der Waals surface area contributed by atoms with Crippen LogP contribution >= 0.6 is 0 Å². The molecule has 0 saturated carbocycles. The molecule has 1 aliphatic heterocycles. The Hall–Kier alpha value is -2.50. The third-order valence-electron chi connectivity index (χ3n) is 5.05. The molecule has 0 saturated heterocycles. The maximum Gasteiger partial charge on any atom is 0.240 e. The fourth-order valence-corrected chi connectivity index (χ4v) is 4.47. The molecular weight excluding hydrogens is 418 g/mol.